The van der Waals surface area contributed by atoms with E-state index < -0.39 is 11.5 Å². The van der Waals surface area contributed by atoms with Crippen molar-refractivity contribution >= 4 is 5.97 Å². The summed E-state index contributed by atoms with van der Waals surface area (Å²) in [6.45, 7) is 7.75. The highest BCUT2D eigenvalue weighted by atomic mass is 16.4. The Balaban J connectivity index is 2.70. The molecule has 5 heteroatoms. The van der Waals surface area contributed by atoms with Gasteiger partial charge in [0.1, 0.15) is 11.4 Å². The van der Waals surface area contributed by atoms with Gasteiger partial charge in [-0.25, -0.2) is 9.78 Å². The molecule has 0 spiro atoms. The van der Waals surface area contributed by atoms with Crippen LogP contribution in [0.3, 0.4) is 0 Å². The van der Waals surface area contributed by atoms with E-state index in [0.29, 0.717) is 5.82 Å². The molecule has 0 saturated heterocycles. The Morgan fingerprint density at radius 2 is 1.86 bits per heavy atom. The summed E-state index contributed by atoms with van der Waals surface area (Å²) < 4.78 is 0. The van der Waals surface area contributed by atoms with Gasteiger partial charge in [-0.2, -0.15) is 0 Å². The highest BCUT2D eigenvalue weighted by molar-refractivity contribution is 5.88. The normalized spacial score (nSPS) is 11.4. The number of aromatic nitrogens is 2. The summed E-state index contributed by atoms with van der Waals surface area (Å²) >= 11 is 0. The zero-order valence-corrected chi connectivity index (χ0v) is 12.5. The first-order valence-corrected chi connectivity index (χ1v) is 6.66. The molecule has 21 heavy (non-hydrogen) atoms. The van der Waals surface area contributed by atoms with E-state index in [1.807, 2.05) is 24.3 Å². The Bertz CT molecular complexity index is 755. The van der Waals surface area contributed by atoms with Gasteiger partial charge in [0.2, 0.25) is 0 Å². The molecule has 0 aliphatic rings. The SMILES string of the molecule is Cc1nc(-c2ccccc2C(C)(C)C)[nH]c(=O)c1C(=O)O. The molecule has 1 aromatic carbocycles. The molecule has 0 aliphatic heterocycles. The van der Waals surface area contributed by atoms with E-state index >= 15 is 0 Å². The number of H-pyrrole nitrogens is 1. The fourth-order valence-electron chi connectivity index (χ4n) is 2.31. The molecule has 0 fully saturated rings. The van der Waals surface area contributed by atoms with E-state index in [4.69, 9.17) is 5.11 Å². The molecule has 0 radical (unpaired) electrons. The largest absolute Gasteiger partial charge is 0.477 e. The first-order chi connectivity index (χ1) is 9.71. The first-order valence-electron chi connectivity index (χ1n) is 6.66. The average molecular weight is 286 g/mol. The van der Waals surface area contributed by atoms with Crippen LogP contribution in [0.15, 0.2) is 29.1 Å². The second-order valence-corrected chi connectivity index (χ2v) is 5.98. The molecular formula is C16H18N2O3. The summed E-state index contributed by atoms with van der Waals surface area (Å²) in [7, 11) is 0. The van der Waals surface area contributed by atoms with Crippen molar-refractivity contribution in [1.82, 2.24) is 9.97 Å². The number of aryl methyl sites for hydroxylation is 1. The Kier molecular flexibility index (Phi) is 3.68. The molecule has 2 rings (SSSR count). The predicted molar refractivity (Wildman–Crippen MR) is 80.7 cm³/mol. The minimum Gasteiger partial charge on any atom is -0.477 e. The maximum Gasteiger partial charge on any atom is 0.343 e. The van der Waals surface area contributed by atoms with E-state index in [-0.39, 0.29) is 16.7 Å². The number of rotatable bonds is 2. The van der Waals surface area contributed by atoms with Crippen molar-refractivity contribution in [2.24, 2.45) is 0 Å². The molecule has 0 bridgehead atoms. The molecule has 0 aliphatic carbocycles. The molecule has 0 atom stereocenters. The predicted octanol–water partition coefficient (Wildman–Crippen LogP) is 2.74. The van der Waals surface area contributed by atoms with Crippen LogP contribution in [0.2, 0.25) is 0 Å². The quantitative estimate of drug-likeness (QED) is 0.889. The van der Waals surface area contributed by atoms with Gasteiger partial charge in [0, 0.05) is 5.56 Å². The van der Waals surface area contributed by atoms with Gasteiger partial charge in [0.15, 0.2) is 0 Å². The van der Waals surface area contributed by atoms with Crippen LogP contribution in [-0.2, 0) is 5.41 Å². The Morgan fingerprint density at radius 1 is 1.24 bits per heavy atom. The highest BCUT2D eigenvalue weighted by Gasteiger charge is 2.21. The number of carboxylic acids is 1. The smallest absolute Gasteiger partial charge is 0.343 e. The van der Waals surface area contributed by atoms with Crippen LogP contribution >= 0.6 is 0 Å². The van der Waals surface area contributed by atoms with Crippen LogP contribution in [-0.4, -0.2) is 21.0 Å². The van der Waals surface area contributed by atoms with E-state index in [9.17, 15) is 9.59 Å². The molecule has 0 amide bonds. The van der Waals surface area contributed by atoms with Crippen molar-refractivity contribution in [3.63, 3.8) is 0 Å². The van der Waals surface area contributed by atoms with Crippen LogP contribution in [0.1, 0.15) is 42.4 Å². The minimum atomic E-state index is -1.27. The molecule has 110 valence electrons. The highest BCUT2D eigenvalue weighted by Crippen LogP contribution is 2.30. The number of aromatic carboxylic acids is 1. The number of benzene rings is 1. The molecule has 2 aromatic rings. The summed E-state index contributed by atoms with van der Waals surface area (Å²) in [4.78, 5) is 29.9. The number of carbonyl (C=O) groups is 1. The third-order valence-corrected chi connectivity index (χ3v) is 3.30. The van der Waals surface area contributed by atoms with Gasteiger partial charge in [0.05, 0.1) is 5.69 Å². The van der Waals surface area contributed by atoms with Crippen molar-refractivity contribution in [2.75, 3.05) is 0 Å². The van der Waals surface area contributed by atoms with Gasteiger partial charge in [0.25, 0.3) is 5.56 Å². The van der Waals surface area contributed by atoms with Crippen LogP contribution in [0, 0.1) is 6.92 Å². The number of aromatic amines is 1. The summed E-state index contributed by atoms with van der Waals surface area (Å²) in [5.41, 5.74) is 0.998. The number of nitrogens with one attached hydrogen (secondary N) is 1. The van der Waals surface area contributed by atoms with Gasteiger partial charge in [-0.05, 0) is 17.9 Å². The van der Waals surface area contributed by atoms with Crippen molar-refractivity contribution < 1.29 is 9.90 Å². The van der Waals surface area contributed by atoms with Crippen LogP contribution in [0.5, 0.6) is 0 Å². The summed E-state index contributed by atoms with van der Waals surface area (Å²) in [5.74, 6) is -0.870. The molecule has 1 heterocycles. The summed E-state index contributed by atoms with van der Waals surface area (Å²) in [6, 6.07) is 7.65. The lowest BCUT2D eigenvalue weighted by Crippen LogP contribution is -2.22. The van der Waals surface area contributed by atoms with Gasteiger partial charge >= 0.3 is 5.97 Å². The molecular weight excluding hydrogens is 268 g/mol. The van der Waals surface area contributed by atoms with Crippen LogP contribution in [0.25, 0.3) is 11.4 Å². The lowest BCUT2D eigenvalue weighted by atomic mass is 9.83. The number of carboxylic acid groups (broad SMARTS) is 1. The summed E-state index contributed by atoms with van der Waals surface area (Å²) in [6.07, 6.45) is 0. The average Bonchev–Trinajstić information content (AvgIpc) is 2.36. The Morgan fingerprint density at radius 3 is 2.38 bits per heavy atom. The van der Waals surface area contributed by atoms with Crippen LogP contribution < -0.4 is 5.56 Å². The van der Waals surface area contributed by atoms with Crippen molar-refractivity contribution in [3.8, 4) is 11.4 Å². The standard InChI is InChI=1S/C16H18N2O3/c1-9-12(15(20)21)14(19)18-13(17-9)10-7-5-6-8-11(10)16(2,3)4/h5-8H,1-4H3,(H,20,21)(H,17,18,19). The van der Waals surface area contributed by atoms with E-state index in [1.54, 1.807) is 0 Å². The van der Waals surface area contributed by atoms with Gasteiger partial charge in [-0.3, -0.25) is 4.79 Å². The third kappa shape index (κ3) is 2.86. The Hall–Kier alpha value is -2.43. The van der Waals surface area contributed by atoms with Gasteiger partial charge < -0.3 is 10.1 Å². The van der Waals surface area contributed by atoms with Gasteiger partial charge in [-0.15, -0.1) is 0 Å². The summed E-state index contributed by atoms with van der Waals surface area (Å²) in [5, 5.41) is 9.03. The molecule has 5 nitrogen and oxygen atoms in total. The van der Waals surface area contributed by atoms with E-state index in [0.717, 1.165) is 11.1 Å². The van der Waals surface area contributed by atoms with E-state index in [1.165, 1.54) is 6.92 Å². The van der Waals surface area contributed by atoms with Crippen LogP contribution in [0.4, 0.5) is 0 Å². The van der Waals surface area contributed by atoms with E-state index in [2.05, 4.69) is 30.7 Å². The molecule has 1 aromatic heterocycles. The maximum atomic E-state index is 12.0. The molecule has 0 saturated carbocycles. The monoisotopic (exact) mass is 286 g/mol. The van der Waals surface area contributed by atoms with Gasteiger partial charge in [-0.1, -0.05) is 45.0 Å². The maximum absolute atomic E-state index is 12.0. The molecule has 0 unspecified atom stereocenters. The first kappa shape index (κ1) is 15.0. The fourth-order valence-corrected chi connectivity index (χ4v) is 2.31. The number of hydrogen-bond donors (Lipinski definition) is 2. The second kappa shape index (κ2) is 5.16. The van der Waals surface area contributed by atoms with Crippen molar-refractivity contribution in [3.05, 3.63) is 51.4 Å². The fraction of sp³-hybridized carbons (Fsp3) is 0.312. The van der Waals surface area contributed by atoms with Crippen molar-refractivity contribution in [1.29, 1.82) is 0 Å². The lowest BCUT2D eigenvalue weighted by molar-refractivity contribution is 0.0693. The second-order valence-electron chi connectivity index (χ2n) is 5.98. The third-order valence-electron chi connectivity index (χ3n) is 3.30. The minimum absolute atomic E-state index is 0.117. The van der Waals surface area contributed by atoms with Crippen molar-refractivity contribution in [2.45, 2.75) is 33.1 Å². The zero-order chi connectivity index (χ0) is 15.8. The topological polar surface area (TPSA) is 83.0 Å². The zero-order valence-electron chi connectivity index (χ0n) is 12.5. The lowest BCUT2D eigenvalue weighted by Gasteiger charge is -2.22. The Labute approximate surface area is 122 Å². The molecule has 2 N–H and O–H groups in total. The number of hydrogen-bond acceptors (Lipinski definition) is 3. The number of nitrogens with zero attached hydrogens (tertiary/aromatic N) is 1.